The van der Waals surface area contributed by atoms with Gasteiger partial charge in [0.15, 0.2) is 0 Å². The summed E-state index contributed by atoms with van der Waals surface area (Å²) >= 11 is 0. The first-order valence-corrected chi connectivity index (χ1v) is 6.48. The maximum atomic E-state index is 12.2. The Morgan fingerprint density at radius 1 is 1.39 bits per heavy atom. The van der Waals surface area contributed by atoms with Gasteiger partial charge in [0.25, 0.3) is 5.91 Å². The summed E-state index contributed by atoms with van der Waals surface area (Å²) in [4.78, 5) is 12.2. The first-order valence-electron chi connectivity index (χ1n) is 6.48. The van der Waals surface area contributed by atoms with Crippen molar-refractivity contribution in [1.29, 1.82) is 0 Å². The third-order valence-corrected chi connectivity index (χ3v) is 2.81. The second-order valence-electron chi connectivity index (χ2n) is 6.15. The van der Waals surface area contributed by atoms with Gasteiger partial charge in [0, 0.05) is 12.0 Å². The molecule has 0 bridgehead atoms. The summed E-state index contributed by atoms with van der Waals surface area (Å²) in [6, 6.07) is 0. The lowest BCUT2D eigenvalue weighted by atomic mass is 9.88. The molecule has 1 aromatic rings. The van der Waals surface area contributed by atoms with Gasteiger partial charge in [0.05, 0.1) is 0 Å². The number of aromatic nitrogens is 1. The molecule has 102 valence electrons. The Morgan fingerprint density at radius 2 is 2.00 bits per heavy atom. The number of hydrogen-bond acceptors (Lipinski definition) is 3. The third-order valence-electron chi connectivity index (χ3n) is 2.81. The largest absolute Gasteiger partial charge is 0.361 e. The molecule has 0 aliphatic rings. The highest BCUT2D eigenvalue weighted by atomic mass is 16.5. The molecule has 1 aromatic heterocycles. The molecule has 0 fully saturated rings. The number of nitrogens with one attached hydrogen (secondary N) is 1. The third kappa shape index (κ3) is 3.59. The second kappa shape index (κ2) is 5.55. The van der Waals surface area contributed by atoms with Crippen LogP contribution in [0.3, 0.4) is 0 Å². The molecule has 1 N–H and O–H groups in total. The Labute approximate surface area is 109 Å². The molecule has 4 nitrogen and oxygen atoms in total. The zero-order chi connectivity index (χ0) is 13.9. The highest BCUT2D eigenvalue weighted by Gasteiger charge is 2.28. The fourth-order valence-corrected chi connectivity index (χ4v) is 1.71. The Bertz CT molecular complexity index is 414. The molecule has 18 heavy (non-hydrogen) atoms. The van der Waals surface area contributed by atoms with Crippen molar-refractivity contribution < 1.29 is 9.32 Å². The summed E-state index contributed by atoms with van der Waals surface area (Å²) in [5.41, 5.74) is 1.12. The number of amides is 1. The predicted molar refractivity (Wildman–Crippen MR) is 71.7 cm³/mol. The number of rotatable bonds is 4. The first-order chi connectivity index (χ1) is 8.23. The lowest BCUT2D eigenvalue weighted by Crippen LogP contribution is -2.28. The van der Waals surface area contributed by atoms with Crippen LogP contribution < -0.4 is 5.32 Å². The Morgan fingerprint density at radius 3 is 2.50 bits per heavy atom. The van der Waals surface area contributed by atoms with Gasteiger partial charge < -0.3 is 9.84 Å². The minimum atomic E-state index is -0.192. The van der Waals surface area contributed by atoms with Gasteiger partial charge in [0.1, 0.15) is 17.0 Å². The van der Waals surface area contributed by atoms with E-state index in [9.17, 15) is 4.79 Å². The maximum Gasteiger partial charge on any atom is 0.256 e. The van der Waals surface area contributed by atoms with E-state index in [0.29, 0.717) is 23.8 Å². The monoisotopic (exact) mass is 252 g/mol. The SMILES string of the molecule is Cc1onc(C(C)(C)C)c1C(=O)NCCC(C)C. The van der Waals surface area contributed by atoms with E-state index in [2.05, 4.69) is 24.3 Å². The smallest absolute Gasteiger partial charge is 0.256 e. The number of aryl methyl sites for hydroxylation is 1. The van der Waals surface area contributed by atoms with Crippen LogP contribution in [0.25, 0.3) is 0 Å². The van der Waals surface area contributed by atoms with Gasteiger partial charge in [-0.05, 0) is 19.3 Å². The quantitative estimate of drug-likeness (QED) is 0.896. The maximum absolute atomic E-state index is 12.2. The van der Waals surface area contributed by atoms with Crippen molar-refractivity contribution in [3.8, 4) is 0 Å². The highest BCUT2D eigenvalue weighted by molar-refractivity contribution is 5.96. The van der Waals surface area contributed by atoms with Crippen molar-refractivity contribution in [2.24, 2.45) is 5.92 Å². The molecule has 0 saturated carbocycles. The van der Waals surface area contributed by atoms with Crippen LogP contribution in [-0.2, 0) is 5.41 Å². The van der Waals surface area contributed by atoms with Gasteiger partial charge in [-0.25, -0.2) is 0 Å². The van der Waals surface area contributed by atoms with E-state index >= 15 is 0 Å². The van der Waals surface area contributed by atoms with Crippen LogP contribution in [0.15, 0.2) is 4.52 Å². The highest BCUT2D eigenvalue weighted by Crippen LogP contribution is 2.26. The van der Waals surface area contributed by atoms with Gasteiger partial charge in [-0.3, -0.25) is 4.79 Å². The van der Waals surface area contributed by atoms with Crippen LogP contribution in [0.1, 0.15) is 62.9 Å². The van der Waals surface area contributed by atoms with Crippen LogP contribution in [-0.4, -0.2) is 17.6 Å². The van der Waals surface area contributed by atoms with Gasteiger partial charge in [0.2, 0.25) is 0 Å². The van der Waals surface area contributed by atoms with Crippen LogP contribution in [0.5, 0.6) is 0 Å². The van der Waals surface area contributed by atoms with Crippen molar-refractivity contribution in [2.45, 2.75) is 53.4 Å². The van der Waals surface area contributed by atoms with E-state index < -0.39 is 0 Å². The molecule has 1 rings (SSSR count). The average Bonchev–Trinajstić information content (AvgIpc) is 2.58. The van der Waals surface area contributed by atoms with Crippen LogP contribution in [0, 0.1) is 12.8 Å². The van der Waals surface area contributed by atoms with E-state index in [1.807, 2.05) is 20.8 Å². The van der Waals surface area contributed by atoms with E-state index in [1.54, 1.807) is 6.92 Å². The van der Waals surface area contributed by atoms with Crippen molar-refractivity contribution in [1.82, 2.24) is 10.5 Å². The van der Waals surface area contributed by atoms with Gasteiger partial charge >= 0.3 is 0 Å². The minimum absolute atomic E-state index is 0.0840. The number of carbonyl (C=O) groups is 1. The fraction of sp³-hybridized carbons (Fsp3) is 0.714. The molecule has 1 amide bonds. The lowest BCUT2D eigenvalue weighted by molar-refractivity contribution is 0.0948. The molecule has 0 radical (unpaired) electrons. The van der Waals surface area contributed by atoms with Crippen molar-refractivity contribution >= 4 is 5.91 Å². The molecule has 0 spiro atoms. The zero-order valence-corrected chi connectivity index (χ0v) is 12.3. The molecule has 0 atom stereocenters. The molecule has 1 heterocycles. The average molecular weight is 252 g/mol. The normalized spacial score (nSPS) is 11.9. The minimum Gasteiger partial charge on any atom is -0.361 e. The Hall–Kier alpha value is -1.32. The summed E-state index contributed by atoms with van der Waals surface area (Å²) in [6.45, 7) is 12.8. The number of hydrogen-bond donors (Lipinski definition) is 1. The summed E-state index contributed by atoms with van der Waals surface area (Å²) in [6.07, 6.45) is 0.973. The van der Waals surface area contributed by atoms with E-state index in [4.69, 9.17) is 4.52 Å². The van der Waals surface area contributed by atoms with Crippen LogP contribution in [0.2, 0.25) is 0 Å². The lowest BCUT2D eigenvalue weighted by Gasteiger charge is -2.16. The van der Waals surface area contributed by atoms with E-state index in [0.717, 1.165) is 12.1 Å². The molecule has 0 aromatic carbocycles. The summed E-state index contributed by atoms with van der Waals surface area (Å²) in [5, 5.41) is 6.95. The molecular weight excluding hydrogens is 228 g/mol. The van der Waals surface area contributed by atoms with E-state index in [-0.39, 0.29) is 11.3 Å². The summed E-state index contributed by atoms with van der Waals surface area (Å²) in [5.74, 6) is 1.08. The molecule has 0 saturated heterocycles. The standard InChI is InChI=1S/C14H24N2O2/c1-9(2)7-8-15-13(17)11-10(3)18-16-12(11)14(4,5)6/h9H,7-8H2,1-6H3,(H,15,17). The fourth-order valence-electron chi connectivity index (χ4n) is 1.71. The zero-order valence-electron chi connectivity index (χ0n) is 12.3. The van der Waals surface area contributed by atoms with Gasteiger partial charge in [-0.2, -0.15) is 0 Å². The molecule has 0 unspecified atom stereocenters. The molecular formula is C14H24N2O2. The van der Waals surface area contributed by atoms with Gasteiger partial charge in [-0.15, -0.1) is 0 Å². The second-order valence-corrected chi connectivity index (χ2v) is 6.15. The number of nitrogens with zero attached hydrogens (tertiary/aromatic N) is 1. The van der Waals surface area contributed by atoms with Crippen molar-refractivity contribution in [3.63, 3.8) is 0 Å². The van der Waals surface area contributed by atoms with Gasteiger partial charge in [-0.1, -0.05) is 39.8 Å². The van der Waals surface area contributed by atoms with Crippen molar-refractivity contribution in [3.05, 3.63) is 17.0 Å². The van der Waals surface area contributed by atoms with E-state index in [1.165, 1.54) is 0 Å². The summed E-state index contributed by atoms with van der Waals surface area (Å²) < 4.78 is 5.16. The Balaban J connectivity index is 2.82. The van der Waals surface area contributed by atoms with Crippen molar-refractivity contribution in [2.75, 3.05) is 6.54 Å². The summed E-state index contributed by atoms with van der Waals surface area (Å²) in [7, 11) is 0. The number of carbonyl (C=O) groups excluding carboxylic acids is 1. The molecule has 0 aliphatic carbocycles. The first kappa shape index (κ1) is 14.7. The molecule has 4 heteroatoms. The Kier molecular flexibility index (Phi) is 4.54. The van der Waals surface area contributed by atoms with Crippen LogP contribution in [0.4, 0.5) is 0 Å². The predicted octanol–water partition coefficient (Wildman–Crippen LogP) is 3.06. The topological polar surface area (TPSA) is 55.1 Å². The van der Waals surface area contributed by atoms with Crippen LogP contribution >= 0.6 is 0 Å². The molecule has 0 aliphatic heterocycles.